The standard InChI is InChI=1S/C15H22BrF2NO2/c1-4-20-13-6-11(8-19-7-10(2)3)5-12(16)15(13)21-9-14(17)18/h5-6,10,14,19H,4,7-9H2,1-3H3. The number of alkyl halides is 2. The van der Waals surface area contributed by atoms with Crippen LogP contribution < -0.4 is 14.8 Å². The molecule has 0 aliphatic rings. The molecule has 0 heterocycles. The number of benzene rings is 1. The molecule has 0 atom stereocenters. The van der Waals surface area contributed by atoms with Gasteiger partial charge in [-0.2, -0.15) is 0 Å². The molecule has 1 N–H and O–H groups in total. The molecule has 0 aromatic heterocycles. The van der Waals surface area contributed by atoms with Crippen LogP contribution in [0.15, 0.2) is 16.6 Å². The van der Waals surface area contributed by atoms with Crippen LogP contribution in [0, 0.1) is 5.92 Å². The summed E-state index contributed by atoms with van der Waals surface area (Å²) in [6, 6.07) is 3.68. The van der Waals surface area contributed by atoms with E-state index in [9.17, 15) is 8.78 Å². The molecular formula is C15H22BrF2NO2. The SMILES string of the molecule is CCOc1cc(CNCC(C)C)cc(Br)c1OCC(F)F. The predicted molar refractivity (Wildman–Crippen MR) is 83.4 cm³/mol. The van der Waals surface area contributed by atoms with E-state index in [1.165, 1.54) is 0 Å². The summed E-state index contributed by atoms with van der Waals surface area (Å²) < 4.78 is 35.8. The van der Waals surface area contributed by atoms with E-state index in [0.717, 1.165) is 12.1 Å². The van der Waals surface area contributed by atoms with Gasteiger partial charge < -0.3 is 14.8 Å². The molecular weight excluding hydrogens is 344 g/mol. The topological polar surface area (TPSA) is 30.5 Å². The highest BCUT2D eigenvalue weighted by atomic mass is 79.9. The van der Waals surface area contributed by atoms with Crippen LogP contribution in [0.2, 0.25) is 0 Å². The van der Waals surface area contributed by atoms with Crippen molar-refractivity contribution in [2.45, 2.75) is 33.7 Å². The smallest absolute Gasteiger partial charge is 0.272 e. The molecule has 21 heavy (non-hydrogen) atoms. The highest BCUT2D eigenvalue weighted by Crippen LogP contribution is 2.37. The van der Waals surface area contributed by atoms with E-state index in [4.69, 9.17) is 9.47 Å². The minimum Gasteiger partial charge on any atom is -0.490 e. The second-order valence-electron chi connectivity index (χ2n) is 5.06. The van der Waals surface area contributed by atoms with E-state index in [-0.39, 0.29) is 0 Å². The van der Waals surface area contributed by atoms with Gasteiger partial charge in [0.05, 0.1) is 11.1 Å². The first kappa shape index (κ1) is 18.2. The van der Waals surface area contributed by atoms with Crippen LogP contribution in [0.3, 0.4) is 0 Å². The van der Waals surface area contributed by atoms with Gasteiger partial charge in [-0.3, -0.25) is 0 Å². The van der Waals surface area contributed by atoms with Crippen molar-refractivity contribution in [3.05, 3.63) is 22.2 Å². The largest absolute Gasteiger partial charge is 0.490 e. The summed E-state index contributed by atoms with van der Waals surface area (Å²) in [7, 11) is 0. The van der Waals surface area contributed by atoms with Gasteiger partial charge in [0, 0.05) is 6.54 Å². The van der Waals surface area contributed by atoms with E-state index in [1.807, 2.05) is 19.1 Å². The molecule has 6 heteroatoms. The average Bonchev–Trinajstić information content (AvgIpc) is 2.37. The van der Waals surface area contributed by atoms with Gasteiger partial charge in [0.1, 0.15) is 6.61 Å². The Kier molecular flexibility index (Phi) is 7.96. The Balaban J connectivity index is 2.84. The summed E-state index contributed by atoms with van der Waals surface area (Å²) >= 11 is 3.36. The quantitative estimate of drug-likeness (QED) is 0.709. The summed E-state index contributed by atoms with van der Waals surface area (Å²) in [5.74, 6) is 1.37. The third-order valence-electron chi connectivity index (χ3n) is 2.60. The van der Waals surface area contributed by atoms with Crippen molar-refractivity contribution < 1.29 is 18.3 Å². The zero-order valence-electron chi connectivity index (χ0n) is 12.6. The molecule has 0 aliphatic heterocycles. The van der Waals surface area contributed by atoms with Crippen LogP contribution in [0.5, 0.6) is 11.5 Å². The highest BCUT2D eigenvalue weighted by Gasteiger charge is 2.14. The molecule has 120 valence electrons. The molecule has 1 aromatic carbocycles. The molecule has 0 radical (unpaired) electrons. The van der Waals surface area contributed by atoms with Gasteiger partial charge in [-0.15, -0.1) is 0 Å². The Hall–Kier alpha value is -0.880. The van der Waals surface area contributed by atoms with Crippen LogP contribution in [-0.2, 0) is 6.54 Å². The van der Waals surface area contributed by atoms with Crippen LogP contribution >= 0.6 is 15.9 Å². The lowest BCUT2D eigenvalue weighted by Gasteiger charge is -2.16. The fraction of sp³-hybridized carbons (Fsp3) is 0.600. The van der Waals surface area contributed by atoms with Crippen LogP contribution in [0.25, 0.3) is 0 Å². The van der Waals surface area contributed by atoms with Crippen molar-refractivity contribution in [1.82, 2.24) is 5.32 Å². The van der Waals surface area contributed by atoms with Gasteiger partial charge in [-0.25, -0.2) is 8.78 Å². The van der Waals surface area contributed by atoms with Crippen LogP contribution in [-0.4, -0.2) is 26.2 Å². The number of hydrogen-bond acceptors (Lipinski definition) is 3. The first-order chi connectivity index (χ1) is 9.93. The molecule has 0 amide bonds. The fourth-order valence-corrected chi connectivity index (χ4v) is 2.38. The number of hydrogen-bond donors (Lipinski definition) is 1. The second kappa shape index (κ2) is 9.20. The van der Waals surface area contributed by atoms with Gasteiger partial charge in [-0.05, 0) is 53.0 Å². The van der Waals surface area contributed by atoms with E-state index >= 15 is 0 Å². The molecule has 3 nitrogen and oxygen atoms in total. The van der Waals surface area contributed by atoms with E-state index in [2.05, 4.69) is 35.1 Å². The summed E-state index contributed by atoms with van der Waals surface area (Å²) in [4.78, 5) is 0. The molecule has 1 rings (SSSR count). The zero-order chi connectivity index (χ0) is 15.8. The third kappa shape index (κ3) is 6.61. The van der Waals surface area contributed by atoms with Crippen molar-refractivity contribution in [2.75, 3.05) is 19.8 Å². The number of nitrogens with one attached hydrogen (secondary N) is 1. The lowest BCUT2D eigenvalue weighted by Crippen LogP contribution is -2.19. The zero-order valence-corrected chi connectivity index (χ0v) is 14.2. The Morgan fingerprint density at radius 2 is 1.95 bits per heavy atom. The third-order valence-corrected chi connectivity index (χ3v) is 3.19. The lowest BCUT2D eigenvalue weighted by molar-refractivity contribution is 0.0796. The van der Waals surface area contributed by atoms with E-state index in [1.54, 1.807) is 0 Å². The molecule has 0 unspecified atom stereocenters. The van der Waals surface area contributed by atoms with Gasteiger partial charge in [0.15, 0.2) is 11.5 Å². The molecule has 0 fully saturated rings. The van der Waals surface area contributed by atoms with Crippen LogP contribution in [0.4, 0.5) is 8.78 Å². The minimum absolute atomic E-state index is 0.324. The molecule has 0 aliphatic carbocycles. The minimum atomic E-state index is -2.52. The van der Waals surface area contributed by atoms with Gasteiger partial charge in [0.2, 0.25) is 0 Å². The van der Waals surface area contributed by atoms with Crippen molar-refractivity contribution in [1.29, 1.82) is 0 Å². The number of rotatable bonds is 9. The van der Waals surface area contributed by atoms with Crippen LogP contribution in [0.1, 0.15) is 26.3 Å². The van der Waals surface area contributed by atoms with Crippen molar-refractivity contribution in [2.24, 2.45) is 5.92 Å². The van der Waals surface area contributed by atoms with Crippen molar-refractivity contribution in [3.8, 4) is 11.5 Å². The number of ether oxygens (including phenoxy) is 2. The Morgan fingerprint density at radius 1 is 1.24 bits per heavy atom. The summed E-state index contributed by atoms with van der Waals surface area (Å²) in [5, 5.41) is 3.33. The van der Waals surface area contributed by atoms with E-state index < -0.39 is 13.0 Å². The maximum absolute atomic E-state index is 12.3. The normalized spacial score (nSPS) is 11.2. The Labute approximate surface area is 133 Å². The molecule has 0 saturated heterocycles. The predicted octanol–water partition coefficient (Wildman–Crippen LogP) is 4.24. The molecule has 0 spiro atoms. The summed E-state index contributed by atoms with van der Waals surface area (Å²) in [5.41, 5.74) is 1.01. The average molecular weight is 366 g/mol. The molecule has 1 aromatic rings. The van der Waals surface area contributed by atoms with E-state index in [0.29, 0.717) is 35.0 Å². The first-order valence-electron chi connectivity index (χ1n) is 7.00. The van der Waals surface area contributed by atoms with Gasteiger partial charge in [0.25, 0.3) is 6.43 Å². The Morgan fingerprint density at radius 3 is 2.52 bits per heavy atom. The summed E-state index contributed by atoms with van der Waals surface area (Å²) in [6.45, 7) is 7.50. The lowest BCUT2D eigenvalue weighted by atomic mass is 10.2. The molecule has 0 saturated carbocycles. The Bertz CT molecular complexity index is 442. The first-order valence-corrected chi connectivity index (χ1v) is 7.80. The fourth-order valence-electron chi connectivity index (χ4n) is 1.78. The van der Waals surface area contributed by atoms with Gasteiger partial charge in [-0.1, -0.05) is 13.8 Å². The molecule has 0 bridgehead atoms. The monoisotopic (exact) mass is 365 g/mol. The highest BCUT2D eigenvalue weighted by molar-refractivity contribution is 9.10. The van der Waals surface area contributed by atoms with Gasteiger partial charge >= 0.3 is 0 Å². The van der Waals surface area contributed by atoms with Crippen molar-refractivity contribution in [3.63, 3.8) is 0 Å². The second-order valence-corrected chi connectivity index (χ2v) is 5.92. The van der Waals surface area contributed by atoms with Crippen molar-refractivity contribution >= 4 is 15.9 Å². The number of halogens is 3. The summed E-state index contributed by atoms with van der Waals surface area (Å²) in [6.07, 6.45) is -2.52. The maximum atomic E-state index is 12.3. The maximum Gasteiger partial charge on any atom is 0.272 e.